The third kappa shape index (κ3) is 3.30. The van der Waals surface area contributed by atoms with Crippen LogP contribution in [0, 0.1) is 12.7 Å². The van der Waals surface area contributed by atoms with Crippen molar-refractivity contribution in [3.8, 4) is 0 Å². The van der Waals surface area contributed by atoms with Crippen LogP contribution in [0.1, 0.15) is 37.4 Å². The van der Waals surface area contributed by atoms with E-state index < -0.39 is 0 Å². The zero-order valence-corrected chi connectivity index (χ0v) is 12.0. The number of amides is 1. The van der Waals surface area contributed by atoms with Crippen molar-refractivity contribution in [1.29, 1.82) is 0 Å². The summed E-state index contributed by atoms with van der Waals surface area (Å²) in [5, 5.41) is 2.75. The Morgan fingerprint density at radius 3 is 2.50 bits per heavy atom. The minimum atomic E-state index is -0.260. The first-order valence-electron chi connectivity index (χ1n) is 6.11. The van der Waals surface area contributed by atoms with Crippen molar-refractivity contribution in [2.24, 2.45) is 0 Å². The molecule has 0 saturated carbocycles. The molecule has 0 saturated heterocycles. The molecule has 0 fully saturated rings. The fourth-order valence-electron chi connectivity index (χ4n) is 1.74. The van der Waals surface area contributed by atoms with Crippen molar-refractivity contribution in [3.63, 3.8) is 0 Å². The number of carbonyl (C=O) groups excluding carboxylic acids is 2. The fourth-order valence-corrected chi connectivity index (χ4v) is 2.55. The average Bonchev–Trinajstić information content (AvgIpc) is 2.89. The van der Waals surface area contributed by atoms with E-state index in [1.807, 2.05) is 0 Å². The number of nitrogens with one attached hydrogen (secondary N) is 1. The van der Waals surface area contributed by atoms with E-state index in [1.54, 1.807) is 31.2 Å². The lowest BCUT2D eigenvalue weighted by atomic mass is 10.1. The molecule has 1 aromatic heterocycles. The van der Waals surface area contributed by atoms with Crippen molar-refractivity contribution in [2.75, 3.05) is 0 Å². The quantitative estimate of drug-likeness (QED) is 0.878. The third-order valence-corrected chi connectivity index (χ3v) is 4.04. The number of thiophene rings is 1. The molecule has 20 heavy (non-hydrogen) atoms. The number of ketones is 1. The Labute approximate surface area is 120 Å². The second kappa shape index (κ2) is 5.96. The Morgan fingerprint density at radius 2 is 1.90 bits per heavy atom. The van der Waals surface area contributed by atoms with Crippen LogP contribution in [0.4, 0.5) is 4.39 Å². The number of Topliss-reactive ketones (excluding diaryl/α,β-unsaturated/α-hetero) is 1. The number of halogens is 1. The van der Waals surface area contributed by atoms with E-state index in [0.29, 0.717) is 21.9 Å². The second-order valence-electron chi connectivity index (χ2n) is 4.49. The summed E-state index contributed by atoms with van der Waals surface area (Å²) in [5.74, 6) is -0.544. The maximum Gasteiger partial charge on any atom is 0.261 e. The Kier molecular flexibility index (Phi) is 4.29. The molecule has 5 heteroatoms. The summed E-state index contributed by atoms with van der Waals surface area (Å²) in [5.41, 5.74) is 1.38. The molecule has 104 valence electrons. The average molecular weight is 291 g/mol. The van der Waals surface area contributed by atoms with Crippen LogP contribution in [0.15, 0.2) is 30.3 Å². The van der Waals surface area contributed by atoms with Crippen LogP contribution in [0.3, 0.4) is 0 Å². The fraction of sp³-hybridized carbons (Fsp3) is 0.200. The van der Waals surface area contributed by atoms with Crippen molar-refractivity contribution >= 4 is 23.0 Å². The van der Waals surface area contributed by atoms with Gasteiger partial charge in [-0.2, -0.15) is 0 Å². The van der Waals surface area contributed by atoms with Gasteiger partial charge >= 0.3 is 0 Å². The van der Waals surface area contributed by atoms with Gasteiger partial charge in [-0.05, 0) is 43.2 Å². The van der Waals surface area contributed by atoms with Gasteiger partial charge in [-0.3, -0.25) is 9.59 Å². The zero-order chi connectivity index (χ0) is 14.7. The summed E-state index contributed by atoms with van der Waals surface area (Å²) in [7, 11) is 0. The largest absolute Gasteiger partial charge is 0.347 e. The van der Waals surface area contributed by atoms with Gasteiger partial charge in [0.2, 0.25) is 0 Å². The highest BCUT2D eigenvalue weighted by molar-refractivity contribution is 7.15. The molecular weight excluding hydrogens is 277 g/mol. The lowest BCUT2D eigenvalue weighted by Gasteiger charge is -2.05. The number of rotatable bonds is 4. The summed E-state index contributed by atoms with van der Waals surface area (Å²) in [6.07, 6.45) is 0. The predicted octanol–water partition coefficient (Wildman–Crippen LogP) is 3.33. The van der Waals surface area contributed by atoms with E-state index in [1.165, 1.54) is 24.3 Å². The van der Waals surface area contributed by atoms with Gasteiger partial charge in [0.25, 0.3) is 5.91 Å². The monoisotopic (exact) mass is 291 g/mol. The molecular formula is C15H14FNO2S. The van der Waals surface area contributed by atoms with Gasteiger partial charge in [-0.15, -0.1) is 11.3 Å². The number of carbonyl (C=O) groups is 2. The number of aryl methyl sites for hydroxylation is 1. The van der Waals surface area contributed by atoms with E-state index in [-0.39, 0.29) is 17.5 Å². The smallest absolute Gasteiger partial charge is 0.261 e. The first kappa shape index (κ1) is 14.4. The van der Waals surface area contributed by atoms with Gasteiger partial charge in [-0.1, -0.05) is 12.1 Å². The molecule has 2 aromatic rings. The SMILES string of the molecule is CC(=O)c1ccc(C(=O)NCc2ccc(F)c(C)c2)s1. The Morgan fingerprint density at radius 1 is 1.20 bits per heavy atom. The van der Waals surface area contributed by atoms with Crippen molar-refractivity contribution in [2.45, 2.75) is 20.4 Å². The van der Waals surface area contributed by atoms with Crippen LogP contribution in [-0.4, -0.2) is 11.7 Å². The number of benzene rings is 1. The Hall–Kier alpha value is -2.01. The normalized spacial score (nSPS) is 10.3. The van der Waals surface area contributed by atoms with E-state index in [2.05, 4.69) is 5.32 Å². The first-order valence-corrected chi connectivity index (χ1v) is 6.93. The van der Waals surface area contributed by atoms with Crippen LogP contribution in [0.5, 0.6) is 0 Å². The molecule has 0 radical (unpaired) electrons. The molecule has 2 rings (SSSR count). The van der Waals surface area contributed by atoms with Gasteiger partial charge in [0.1, 0.15) is 5.82 Å². The van der Waals surface area contributed by atoms with Crippen molar-refractivity contribution in [1.82, 2.24) is 5.32 Å². The Bertz CT molecular complexity index is 664. The summed E-state index contributed by atoms with van der Waals surface area (Å²) < 4.78 is 13.1. The lowest BCUT2D eigenvalue weighted by molar-refractivity contribution is 0.0954. The molecule has 3 nitrogen and oxygen atoms in total. The van der Waals surface area contributed by atoms with Crippen LogP contribution in [0.2, 0.25) is 0 Å². The van der Waals surface area contributed by atoms with Gasteiger partial charge in [0.15, 0.2) is 5.78 Å². The second-order valence-corrected chi connectivity index (χ2v) is 5.57. The van der Waals surface area contributed by atoms with E-state index in [9.17, 15) is 14.0 Å². The Balaban J connectivity index is 2.00. The molecule has 0 unspecified atom stereocenters. The molecule has 0 aliphatic carbocycles. The van der Waals surface area contributed by atoms with Crippen molar-refractivity contribution in [3.05, 3.63) is 57.0 Å². The van der Waals surface area contributed by atoms with Gasteiger partial charge in [0.05, 0.1) is 9.75 Å². The maximum atomic E-state index is 13.1. The van der Waals surface area contributed by atoms with Crippen molar-refractivity contribution < 1.29 is 14.0 Å². The van der Waals surface area contributed by atoms with Gasteiger partial charge in [0, 0.05) is 6.54 Å². The number of hydrogen-bond donors (Lipinski definition) is 1. The minimum Gasteiger partial charge on any atom is -0.347 e. The highest BCUT2D eigenvalue weighted by atomic mass is 32.1. The molecule has 0 aliphatic heterocycles. The maximum absolute atomic E-state index is 13.1. The highest BCUT2D eigenvalue weighted by Gasteiger charge is 2.11. The van der Waals surface area contributed by atoms with Gasteiger partial charge in [-0.25, -0.2) is 4.39 Å². The molecule has 0 aliphatic rings. The predicted molar refractivity (Wildman–Crippen MR) is 76.6 cm³/mol. The topological polar surface area (TPSA) is 46.2 Å². The standard InChI is InChI=1S/C15H14FNO2S/c1-9-7-11(3-4-12(9)16)8-17-15(19)14-6-5-13(20-14)10(2)18/h3-7H,8H2,1-2H3,(H,17,19). The molecule has 1 aromatic carbocycles. The zero-order valence-electron chi connectivity index (χ0n) is 11.2. The van der Waals surface area contributed by atoms with E-state index >= 15 is 0 Å². The van der Waals surface area contributed by atoms with Gasteiger partial charge < -0.3 is 5.32 Å². The summed E-state index contributed by atoms with van der Waals surface area (Å²) in [4.78, 5) is 24.2. The van der Waals surface area contributed by atoms with Crippen LogP contribution >= 0.6 is 11.3 Å². The molecule has 1 amide bonds. The summed E-state index contributed by atoms with van der Waals surface area (Å²) >= 11 is 1.17. The van der Waals surface area contributed by atoms with E-state index in [0.717, 1.165) is 5.56 Å². The molecule has 0 spiro atoms. The van der Waals surface area contributed by atoms with Crippen LogP contribution in [0.25, 0.3) is 0 Å². The molecule has 1 heterocycles. The summed E-state index contributed by atoms with van der Waals surface area (Å²) in [6, 6.07) is 8.00. The third-order valence-electron chi connectivity index (χ3n) is 2.85. The number of hydrogen-bond acceptors (Lipinski definition) is 3. The minimum absolute atomic E-state index is 0.0526. The van der Waals surface area contributed by atoms with Crippen LogP contribution in [-0.2, 0) is 6.54 Å². The van der Waals surface area contributed by atoms with Crippen LogP contribution < -0.4 is 5.32 Å². The first-order chi connectivity index (χ1) is 9.47. The molecule has 0 bridgehead atoms. The molecule has 0 atom stereocenters. The van der Waals surface area contributed by atoms with E-state index in [4.69, 9.17) is 0 Å². The lowest BCUT2D eigenvalue weighted by Crippen LogP contribution is -2.21. The highest BCUT2D eigenvalue weighted by Crippen LogP contribution is 2.17. The summed E-state index contributed by atoms with van der Waals surface area (Å²) in [6.45, 7) is 3.47. The molecule has 1 N–H and O–H groups in total.